The molecule has 0 radical (unpaired) electrons. The second-order valence-corrected chi connectivity index (χ2v) is 6.35. The minimum atomic E-state index is -0.138. The molecule has 0 unspecified atom stereocenters. The van der Waals surface area contributed by atoms with E-state index in [1.807, 2.05) is 6.08 Å². The lowest BCUT2D eigenvalue weighted by molar-refractivity contribution is 0.476. The van der Waals surface area contributed by atoms with Crippen molar-refractivity contribution in [3.63, 3.8) is 0 Å². The molecule has 0 fully saturated rings. The van der Waals surface area contributed by atoms with E-state index in [1.165, 1.54) is 0 Å². The topological polar surface area (TPSA) is 61.3 Å². The predicted octanol–water partition coefficient (Wildman–Crippen LogP) is 4.47. The molecule has 1 aliphatic heterocycles. The minimum absolute atomic E-state index is 0.138. The van der Waals surface area contributed by atoms with Gasteiger partial charge in [-0.1, -0.05) is 35.4 Å². The highest BCUT2D eigenvalue weighted by atomic mass is 35.5. The first-order valence-electron chi connectivity index (χ1n) is 7.21. The maximum absolute atomic E-state index is 9.61. The molecule has 3 rings (SSSR count). The third-order valence-corrected chi connectivity index (χ3v) is 4.14. The molecule has 0 aliphatic carbocycles. The van der Waals surface area contributed by atoms with E-state index >= 15 is 0 Å². The van der Waals surface area contributed by atoms with Crippen molar-refractivity contribution in [1.29, 1.82) is 0 Å². The highest BCUT2D eigenvalue weighted by Gasteiger charge is 2.18. The van der Waals surface area contributed by atoms with E-state index in [0.29, 0.717) is 17.7 Å². The van der Waals surface area contributed by atoms with Crippen molar-refractivity contribution in [3.8, 4) is 5.75 Å². The summed E-state index contributed by atoms with van der Waals surface area (Å²) in [6.45, 7) is 5.06. The fourth-order valence-corrected chi connectivity index (χ4v) is 2.88. The molecule has 0 spiro atoms. The van der Waals surface area contributed by atoms with E-state index in [0.717, 1.165) is 17.9 Å². The van der Waals surface area contributed by atoms with Crippen LogP contribution in [0.15, 0.2) is 24.4 Å². The first-order chi connectivity index (χ1) is 11.0. The predicted molar refractivity (Wildman–Crippen MR) is 95.0 cm³/mol. The van der Waals surface area contributed by atoms with Gasteiger partial charge in [0, 0.05) is 30.0 Å². The minimum Gasteiger partial charge on any atom is -0.505 e. The Labute approximate surface area is 144 Å². The number of phenols is 1. The van der Waals surface area contributed by atoms with Crippen molar-refractivity contribution in [2.24, 2.45) is 0 Å². The van der Waals surface area contributed by atoms with Gasteiger partial charge in [-0.05, 0) is 26.0 Å². The van der Waals surface area contributed by atoms with Crippen LogP contribution in [0.1, 0.15) is 19.4 Å². The number of benzene rings is 1. The number of fused-ring (bicyclic) bond motifs is 1. The number of hydrogen-bond acceptors (Lipinski definition) is 5. The maximum atomic E-state index is 9.61. The van der Waals surface area contributed by atoms with Gasteiger partial charge < -0.3 is 15.3 Å². The molecule has 1 aromatic carbocycles. The van der Waals surface area contributed by atoms with Gasteiger partial charge in [0.1, 0.15) is 5.82 Å². The Kier molecular flexibility index (Phi) is 4.33. The van der Waals surface area contributed by atoms with Crippen molar-refractivity contribution in [2.45, 2.75) is 19.9 Å². The smallest absolute Gasteiger partial charge is 0.229 e. The van der Waals surface area contributed by atoms with Crippen molar-refractivity contribution in [1.82, 2.24) is 9.97 Å². The zero-order valence-corrected chi connectivity index (χ0v) is 14.2. The zero-order valence-electron chi connectivity index (χ0n) is 12.7. The average Bonchev–Trinajstić information content (AvgIpc) is 2.51. The summed E-state index contributed by atoms with van der Waals surface area (Å²) in [5, 5.41) is 13.0. The number of aromatic hydroxyl groups is 1. The highest BCUT2D eigenvalue weighted by molar-refractivity contribution is 6.37. The van der Waals surface area contributed by atoms with E-state index in [4.69, 9.17) is 23.2 Å². The lowest BCUT2D eigenvalue weighted by Crippen LogP contribution is -2.33. The van der Waals surface area contributed by atoms with Crippen molar-refractivity contribution >= 4 is 46.7 Å². The molecule has 0 saturated carbocycles. The summed E-state index contributed by atoms with van der Waals surface area (Å²) in [5.74, 6) is 1.19. The number of nitrogens with one attached hydrogen (secondary N) is 1. The van der Waals surface area contributed by atoms with Gasteiger partial charge in [-0.2, -0.15) is 4.98 Å². The molecule has 0 bridgehead atoms. The van der Waals surface area contributed by atoms with Crippen molar-refractivity contribution in [3.05, 3.63) is 40.0 Å². The van der Waals surface area contributed by atoms with Crippen molar-refractivity contribution in [2.75, 3.05) is 16.8 Å². The van der Waals surface area contributed by atoms with Crippen LogP contribution >= 0.6 is 23.2 Å². The molecule has 23 heavy (non-hydrogen) atoms. The van der Waals surface area contributed by atoms with E-state index in [2.05, 4.69) is 40.1 Å². The normalized spacial score (nSPS) is 13.3. The van der Waals surface area contributed by atoms with Crippen LogP contribution in [0.2, 0.25) is 10.0 Å². The lowest BCUT2D eigenvalue weighted by Gasteiger charge is -2.30. The number of rotatable bonds is 3. The maximum Gasteiger partial charge on any atom is 0.229 e. The molecule has 2 aromatic rings. The molecule has 1 aromatic heterocycles. The van der Waals surface area contributed by atoms with E-state index in [-0.39, 0.29) is 15.8 Å². The van der Waals surface area contributed by atoms with Crippen LogP contribution in [0.5, 0.6) is 5.75 Å². The van der Waals surface area contributed by atoms with Crippen LogP contribution in [0, 0.1) is 0 Å². The summed E-state index contributed by atoms with van der Waals surface area (Å²) in [5.41, 5.74) is 1.59. The second kappa shape index (κ2) is 6.26. The third kappa shape index (κ3) is 3.21. The first-order valence-corrected chi connectivity index (χ1v) is 7.96. The van der Waals surface area contributed by atoms with Crippen LogP contribution in [-0.2, 0) is 0 Å². The van der Waals surface area contributed by atoms with E-state index in [9.17, 15) is 5.11 Å². The lowest BCUT2D eigenvalue weighted by atomic mass is 10.1. The second-order valence-electron chi connectivity index (χ2n) is 5.53. The van der Waals surface area contributed by atoms with Gasteiger partial charge in [0.2, 0.25) is 5.95 Å². The van der Waals surface area contributed by atoms with Crippen LogP contribution < -0.4 is 10.2 Å². The monoisotopic (exact) mass is 350 g/mol. The molecular formula is C16H16Cl2N4O. The molecule has 0 saturated heterocycles. The van der Waals surface area contributed by atoms with Gasteiger partial charge in [0.05, 0.1) is 10.0 Å². The summed E-state index contributed by atoms with van der Waals surface area (Å²) in [6, 6.07) is 3.48. The van der Waals surface area contributed by atoms with Gasteiger partial charge in [-0.15, -0.1) is 0 Å². The molecule has 7 heteroatoms. The van der Waals surface area contributed by atoms with Gasteiger partial charge in [0.25, 0.3) is 0 Å². The van der Waals surface area contributed by atoms with Crippen LogP contribution in [0.4, 0.5) is 17.5 Å². The zero-order chi connectivity index (χ0) is 16.6. The van der Waals surface area contributed by atoms with Crippen LogP contribution in [0.3, 0.4) is 0 Å². The van der Waals surface area contributed by atoms with E-state index < -0.39 is 0 Å². The Morgan fingerprint density at radius 2 is 1.96 bits per heavy atom. The molecule has 5 nitrogen and oxygen atoms in total. The largest absolute Gasteiger partial charge is 0.505 e. The van der Waals surface area contributed by atoms with Crippen LogP contribution in [0.25, 0.3) is 6.08 Å². The summed E-state index contributed by atoms with van der Waals surface area (Å²) < 4.78 is 0. The summed E-state index contributed by atoms with van der Waals surface area (Å²) in [6.07, 6.45) is 5.89. The van der Waals surface area contributed by atoms with Crippen LogP contribution in [-0.4, -0.2) is 27.7 Å². The number of hydrogen-bond donors (Lipinski definition) is 2. The first kappa shape index (κ1) is 15.9. The summed E-state index contributed by atoms with van der Waals surface area (Å²) >= 11 is 11.9. The third-order valence-electron chi connectivity index (χ3n) is 3.56. The number of aromatic nitrogens is 2. The number of nitrogens with zero attached hydrogens (tertiary/aromatic N) is 3. The number of halogens is 2. The molecule has 2 N–H and O–H groups in total. The average molecular weight is 351 g/mol. The Morgan fingerprint density at radius 3 is 2.61 bits per heavy atom. The van der Waals surface area contributed by atoms with Gasteiger partial charge in [-0.25, -0.2) is 4.98 Å². The summed E-state index contributed by atoms with van der Waals surface area (Å²) in [7, 11) is 0. The standard InChI is InChI=1S/C16H16Cl2N4O/c1-9(2)22-5-3-4-10-8-19-16(21-15(10)22)20-11-6-12(17)14(23)13(18)7-11/h3-4,6-9,23H,5H2,1-2H3,(H,19,20,21). The highest BCUT2D eigenvalue weighted by Crippen LogP contribution is 2.35. The fraction of sp³-hybridized carbons (Fsp3) is 0.250. The van der Waals surface area contributed by atoms with Gasteiger partial charge >= 0.3 is 0 Å². The number of anilines is 3. The Morgan fingerprint density at radius 1 is 1.26 bits per heavy atom. The quantitative estimate of drug-likeness (QED) is 0.799. The Balaban J connectivity index is 1.93. The van der Waals surface area contributed by atoms with Gasteiger partial charge in [-0.3, -0.25) is 0 Å². The summed E-state index contributed by atoms with van der Waals surface area (Å²) in [4.78, 5) is 11.1. The molecule has 2 heterocycles. The Bertz CT molecular complexity index is 754. The van der Waals surface area contributed by atoms with Gasteiger partial charge in [0.15, 0.2) is 5.75 Å². The number of phenolic OH excluding ortho intramolecular Hbond substituents is 1. The molecular weight excluding hydrogens is 335 g/mol. The molecule has 0 amide bonds. The molecule has 0 atom stereocenters. The Hall–Kier alpha value is -1.98. The molecule has 1 aliphatic rings. The molecule has 120 valence electrons. The SMILES string of the molecule is CC(C)N1CC=Cc2cnc(Nc3cc(Cl)c(O)c(Cl)c3)nc21. The van der Waals surface area contributed by atoms with Crippen molar-refractivity contribution < 1.29 is 5.11 Å². The fourth-order valence-electron chi connectivity index (χ4n) is 2.39. The van der Waals surface area contributed by atoms with E-state index in [1.54, 1.807) is 18.3 Å².